The third kappa shape index (κ3) is 3.93. The summed E-state index contributed by atoms with van der Waals surface area (Å²) >= 11 is 3.72. The fourth-order valence-electron chi connectivity index (χ4n) is 2.83. The molecule has 0 bridgehead atoms. The summed E-state index contributed by atoms with van der Waals surface area (Å²) in [5.74, 6) is 0. The molecule has 1 aliphatic carbocycles. The smallest absolute Gasteiger partial charge is 0.0547 e. The van der Waals surface area contributed by atoms with Crippen LogP contribution in [-0.2, 0) is 0 Å². The highest BCUT2D eigenvalue weighted by molar-refractivity contribution is 9.10. The second-order valence-electron chi connectivity index (χ2n) is 5.39. The minimum Gasteiger partial charge on any atom is -0.307 e. The standard InChI is InChI=1S/C17H24BrN/c1-3-19-17(14-8-6-4-5-7-9-14)15-12-13(2)10-11-16(15)18/h8,10-12,17,19H,3-7,9H2,1-2H3. The molecule has 1 unspecified atom stereocenters. The van der Waals surface area contributed by atoms with Crippen molar-refractivity contribution < 1.29 is 0 Å². The maximum Gasteiger partial charge on any atom is 0.0547 e. The summed E-state index contributed by atoms with van der Waals surface area (Å²) in [6, 6.07) is 7.02. The molecule has 1 aromatic rings. The van der Waals surface area contributed by atoms with Gasteiger partial charge in [0.2, 0.25) is 0 Å². The predicted octanol–water partition coefficient (Wildman–Crippen LogP) is 5.30. The van der Waals surface area contributed by atoms with Gasteiger partial charge in [-0.05, 0) is 50.8 Å². The first-order chi connectivity index (χ1) is 9.22. The van der Waals surface area contributed by atoms with Crippen molar-refractivity contribution in [3.63, 3.8) is 0 Å². The summed E-state index contributed by atoms with van der Waals surface area (Å²) in [6.07, 6.45) is 8.98. The molecule has 1 aliphatic rings. The molecule has 0 heterocycles. The molecule has 1 nitrogen and oxygen atoms in total. The van der Waals surface area contributed by atoms with Crippen molar-refractivity contribution in [2.75, 3.05) is 6.54 Å². The second-order valence-corrected chi connectivity index (χ2v) is 6.25. The van der Waals surface area contributed by atoms with Crippen LogP contribution in [0.3, 0.4) is 0 Å². The Morgan fingerprint density at radius 3 is 2.89 bits per heavy atom. The van der Waals surface area contributed by atoms with Crippen molar-refractivity contribution >= 4 is 15.9 Å². The van der Waals surface area contributed by atoms with E-state index in [1.54, 1.807) is 5.57 Å². The van der Waals surface area contributed by atoms with Crippen LogP contribution in [-0.4, -0.2) is 6.54 Å². The Bertz CT molecular complexity index is 451. The van der Waals surface area contributed by atoms with E-state index in [-0.39, 0.29) is 0 Å². The summed E-state index contributed by atoms with van der Waals surface area (Å²) in [4.78, 5) is 0. The summed E-state index contributed by atoms with van der Waals surface area (Å²) in [6.45, 7) is 5.36. The molecule has 19 heavy (non-hydrogen) atoms. The molecule has 0 radical (unpaired) electrons. The van der Waals surface area contributed by atoms with Crippen molar-refractivity contribution in [1.29, 1.82) is 0 Å². The quantitative estimate of drug-likeness (QED) is 0.742. The third-order valence-corrected chi connectivity index (χ3v) is 4.54. The van der Waals surface area contributed by atoms with Gasteiger partial charge in [0.1, 0.15) is 0 Å². The Morgan fingerprint density at radius 2 is 2.11 bits per heavy atom. The van der Waals surface area contributed by atoms with Gasteiger partial charge in [0.05, 0.1) is 6.04 Å². The van der Waals surface area contributed by atoms with Gasteiger partial charge in [-0.15, -0.1) is 0 Å². The average molecular weight is 322 g/mol. The van der Waals surface area contributed by atoms with Crippen LogP contribution in [0, 0.1) is 6.92 Å². The molecular weight excluding hydrogens is 298 g/mol. The van der Waals surface area contributed by atoms with E-state index < -0.39 is 0 Å². The Hall–Kier alpha value is -0.600. The van der Waals surface area contributed by atoms with Crippen molar-refractivity contribution in [3.05, 3.63) is 45.4 Å². The third-order valence-electron chi connectivity index (χ3n) is 3.82. The number of halogens is 1. The minimum atomic E-state index is 0.373. The molecule has 0 aromatic heterocycles. The highest BCUT2D eigenvalue weighted by Gasteiger charge is 2.19. The second kappa shape index (κ2) is 7.25. The number of likely N-dealkylation sites (N-methyl/N-ethyl adjacent to an activating group) is 1. The number of allylic oxidation sites excluding steroid dienone is 1. The molecule has 1 N–H and O–H groups in total. The van der Waals surface area contributed by atoms with Gasteiger partial charge < -0.3 is 5.32 Å². The number of benzene rings is 1. The molecule has 0 aliphatic heterocycles. The zero-order valence-electron chi connectivity index (χ0n) is 12.0. The fraction of sp³-hybridized carbons (Fsp3) is 0.529. The van der Waals surface area contributed by atoms with Gasteiger partial charge in [-0.3, -0.25) is 0 Å². The summed E-state index contributed by atoms with van der Waals surface area (Å²) in [5, 5.41) is 3.67. The molecule has 2 heteroatoms. The average Bonchev–Trinajstić information content (AvgIpc) is 2.68. The van der Waals surface area contributed by atoms with Crippen molar-refractivity contribution in [1.82, 2.24) is 5.32 Å². The van der Waals surface area contributed by atoms with Gasteiger partial charge in [-0.1, -0.05) is 58.6 Å². The van der Waals surface area contributed by atoms with Crippen LogP contribution in [0.2, 0.25) is 0 Å². The lowest BCUT2D eigenvalue weighted by Gasteiger charge is -2.23. The Balaban J connectivity index is 2.32. The zero-order chi connectivity index (χ0) is 13.7. The summed E-state index contributed by atoms with van der Waals surface area (Å²) < 4.78 is 1.22. The summed E-state index contributed by atoms with van der Waals surface area (Å²) in [7, 11) is 0. The van der Waals surface area contributed by atoms with Gasteiger partial charge in [0.15, 0.2) is 0 Å². The van der Waals surface area contributed by atoms with Crippen molar-refractivity contribution in [3.8, 4) is 0 Å². The Labute approximate surface area is 125 Å². The highest BCUT2D eigenvalue weighted by atomic mass is 79.9. The number of hydrogen-bond donors (Lipinski definition) is 1. The van der Waals surface area contributed by atoms with E-state index >= 15 is 0 Å². The van der Waals surface area contributed by atoms with Crippen LogP contribution in [0.4, 0.5) is 0 Å². The van der Waals surface area contributed by atoms with Gasteiger partial charge in [0.25, 0.3) is 0 Å². The molecule has 0 saturated carbocycles. The first-order valence-corrected chi connectivity index (χ1v) is 8.20. The van der Waals surface area contributed by atoms with Crippen molar-refractivity contribution in [2.24, 2.45) is 0 Å². The van der Waals surface area contributed by atoms with E-state index in [4.69, 9.17) is 0 Å². The van der Waals surface area contributed by atoms with Crippen molar-refractivity contribution in [2.45, 2.75) is 52.0 Å². The molecule has 0 saturated heterocycles. The van der Waals surface area contributed by atoms with E-state index in [0.717, 1.165) is 6.54 Å². The molecule has 2 rings (SSSR count). The number of hydrogen-bond acceptors (Lipinski definition) is 1. The van der Waals surface area contributed by atoms with Gasteiger partial charge in [0, 0.05) is 4.47 Å². The zero-order valence-corrected chi connectivity index (χ0v) is 13.6. The monoisotopic (exact) mass is 321 g/mol. The summed E-state index contributed by atoms with van der Waals surface area (Å²) in [5.41, 5.74) is 4.29. The van der Waals surface area contributed by atoms with Crippen LogP contribution >= 0.6 is 15.9 Å². The first kappa shape index (κ1) is 14.8. The fourth-order valence-corrected chi connectivity index (χ4v) is 3.31. The first-order valence-electron chi connectivity index (χ1n) is 7.40. The molecule has 104 valence electrons. The van der Waals surface area contributed by atoms with Gasteiger partial charge in [-0.25, -0.2) is 0 Å². The van der Waals surface area contributed by atoms with E-state index in [0.29, 0.717) is 6.04 Å². The van der Waals surface area contributed by atoms with Crippen LogP contribution in [0.5, 0.6) is 0 Å². The van der Waals surface area contributed by atoms with Crippen LogP contribution in [0.25, 0.3) is 0 Å². The normalized spacial score (nSPS) is 17.7. The molecule has 0 amide bonds. The topological polar surface area (TPSA) is 12.0 Å². The maximum absolute atomic E-state index is 3.72. The van der Waals surface area contributed by atoms with E-state index in [2.05, 4.69) is 59.4 Å². The Morgan fingerprint density at radius 1 is 1.26 bits per heavy atom. The largest absolute Gasteiger partial charge is 0.307 e. The predicted molar refractivity (Wildman–Crippen MR) is 86.5 cm³/mol. The number of nitrogens with one attached hydrogen (secondary N) is 1. The molecule has 1 atom stereocenters. The molecule has 0 fully saturated rings. The highest BCUT2D eigenvalue weighted by Crippen LogP contribution is 2.33. The molecule has 1 aromatic carbocycles. The minimum absolute atomic E-state index is 0.373. The van der Waals surface area contributed by atoms with E-state index in [1.807, 2.05) is 0 Å². The SMILES string of the molecule is CCNC(C1=CCCCCC1)c1cc(C)ccc1Br. The lowest BCUT2D eigenvalue weighted by atomic mass is 9.94. The van der Waals surface area contributed by atoms with Gasteiger partial charge >= 0.3 is 0 Å². The Kier molecular flexibility index (Phi) is 5.65. The van der Waals surface area contributed by atoms with Gasteiger partial charge in [-0.2, -0.15) is 0 Å². The maximum atomic E-state index is 3.72. The van der Waals surface area contributed by atoms with E-state index in [9.17, 15) is 0 Å². The van der Waals surface area contributed by atoms with E-state index in [1.165, 1.54) is 47.7 Å². The number of aryl methyl sites for hydroxylation is 1. The number of rotatable bonds is 4. The molecule has 0 spiro atoms. The van der Waals surface area contributed by atoms with Crippen LogP contribution in [0.1, 0.15) is 56.2 Å². The van der Waals surface area contributed by atoms with Crippen LogP contribution < -0.4 is 5.32 Å². The lowest BCUT2D eigenvalue weighted by Crippen LogP contribution is -2.23. The van der Waals surface area contributed by atoms with Crippen LogP contribution in [0.15, 0.2) is 34.3 Å². The lowest BCUT2D eigenvalue weighted by molar-refractivity contribution is 0.587. The molecular formula is C17H24BrN.